The minimum atomic E-state index is -0.965. The molecule has 7 nitrogen and oxygen atoms in total. The van der Waals surface area contributed by atoms with Gasteiger partial charge in [-0.15, -0.1) is 0 Å². The highest BCUT2D eigenvalue weighted by atomic mass is 16.4. The van der Waals surface area contributed by atoms with E-state index in [1.807, 2.05) is 24.5 Å². The lowest BCUT2D eigenvalue weighted by atomic mass is 10.1. The molecule has 4 aromatic rings. The van der Waals surface area contributed by atoms with Gasteiger partial charge in [-0.2, -0.15) is 0 Å². The number of pyridine rings is 2. The summed E-state index contributed by atoms with van der Waals surface area (Å²) < 4.78 is 0. The number of anilines is 1. The van der Waals surface area contributed by atoms with Crippen molar-refractivity contribution in [1.29, 1.82) is 0 Å². The number of nitrogens with zero attached hydrogens (tertiary/aromatic N) is 4. The molecule has 1 aliphatic carbocycles. The predicted molar refractivity (Wildman–Crippen MR) is 110 cm³/mol. The summed E-state index contributed by atoms with van der Waals surface area (Å²) in [5.41, 5.74) is 2.78. The number of benzene rings is 1. The summed E-state index contributed by atoms with van der Waals surface area (Å²) in [5, 5.41) is 14.5. The Kier molecular flexibility index (Phi) is 4.27. The Balaban J connectivity index is 1.58. The fourth-order valence-corrected chi connectivity index (χ4v) is 3.40. The Labute approximate surface area is 166 Å². The van der Waals surface area contributed by atoms with E-state index in [1.165, 1.54) is 0 Å². The van der Waals surface area contributed by atoms with Crippen molar-refractivity contribution in [2.24, 2.45) is 0 Å². The molecule has 29 heavy (non-hydrogen) atoms. The van der Waals surface area contributed by atoms with E-state index in [0.29, 0.717) is 23.8 Å². The van der Waals surface area contributed by atoms with Crippen molar-refractivity contribution in [3.8, 4) is 0 Å². The van der Waals surface area contributed by atoms with E-state index < -0.39 is 5.97 Å². The van der Waals surface area contributed by atoms with E-state index in [1.54, 1.807) is 24.4 Å². The van der Waals surface area contributed by atoms with Gasteiger partial charge in [-0.1, -0.05) is 12.1 Å². The van der Waals surface area contributed by atoms with Crippen LogP contribution in [0, 0.1) is 0 Å². The van der Waals surface area contributed by atoms with Crippen molar-refractivity contribution in [2.75, 3.05) is 5.32 Å². The summed E-state index contributed by atoms with van der Waals surface area (Å²) in [6.07, 6.45) is 9.18. The molecule has 1 fully saturated rings. The maximum atomic E-state index is 11.3. The van der Waals surface area contributed by atoms with Crippen molar-refractivity contribution in [3.63, 3.8) is 0 Å². The molecule has 1 saturated carbocycles. The average Bonchev–Trinajstić information content (AvgIpc) is 3.56. The second-order valence-electron chi connectivity index (χ2n) is 7.33. The number of hydrogen-bond donors (Lipinski definition) is 2. The normalized spacial score (nSPS) is 13.7. The smallest absolute Gasteiger partial charge is 0.335 e. The minimum absolute atomic E-state index is 0.218. The number of carboxylic acid groups (broad SMARTS) is 1. The van der Waals surface area contributed by atoms with Gasteiger partial charge in [0, 0.05) is 41.8 Å². The van der Waals surface area contributed by atoms with Crippen molar-refractivity contribution in [2.45, 2.75) is 31.7 Å². The standard InChI is InChI=1S/C22H19N5O2/c28-22(29)14-4-7-16-17-12-24-19(8-3-13-2-1-9-23-11-13)27-20(17)21(25-15-5-6-15)26-18(16)10-14/h1-2,4,7,9-12,15H,3,5-6,8H2,(H,25,26)(H,28,29). The maximum absolute atomic E-state index is 11.3. The van der Waals surface area contributed by atoms with Crippen LogP contribution in [0.5, 0.6) is 0 Å². The van der Waals surface area contributed by atoms with E-state index in [2.05, 4.69) is 15.3 Å². The lowest BCUT2D eigenvalue weighted by Gasteiger charge is -2.12. The van der Waals surface area contributed by atoms with E-state index in [9.17, 15) is 9.90 Å². The largest absolute Gasteiger partial charge is 0.478 e. The van der Waals surface area contributed by atoms with E-state index in [-0.39, 0.29) is 5.56 Å². The summed E-state index contributed by atoms with van der Waals surface area (Å²) >= 11 is 0. The molecule has 2 N–H and O–H groups in total. The summed E-state index contributed by atoms with van der Waals surface area (Å²) in [4.78, 5) is 29.6. The van der Waals surface area contributed by atoms with Crippen LogP contribution in [0.15, 0.2) is 48.9 Å². The van der Waals surface area contributed by atoms with Gasteiger partial charge in [0.05, 0.1) is 11.1 Å². The molecule has 0 radical (unpaired) electrons. The van der Waals surface area contributed by atoms with Crippen LogP contribution in [-0.4, -0.2) is 37.1 Å². The number of carbonyl (C=O) groups is 1. The SMILES string of the molecule is O=C(O)c1ccc2c(c1)nc(NC1CC1)c1nc(CCc3cccnc3)ncc12. The maximum Gasteiger partial charge on any atom is 0.335 e. The van der Waals surface area contributed by atoms with Crippen molar-refractivity contribution in [1.82, 2.24) is 19.9 Å². The number of rotatable bonds is 6. The average molecular weight is 385 g/mol. The van der Waals surface area contributed by atoms with Gasteiger partial charge in [0.25, 0.3) is 0 Å². The van der Waals surface area contributed by atoms with Crippen LogP contribution in [0.25, 0.3) is 21.8 Å². The molecule has 0 amide bonds. The fraction of sp³-hybridized carbons (Fsp3) is 0.227. The second-order valence-corrected chi connectivity index (χ2v) is 7.33. The van der Waals surface area contributed by atoms with Gasteiger partial charge in [0.15, 0.2) is 5.82 Å². The summed E-state index contributed by atoms with van der Waals surface area (Å²) in [6.45, 7) is 0. The van der Waals surface area contributed by atoms with Crippen LogP contribution < -0.4 is 5.32 Å². The van der Waals surface area contributed by atoms with Crippen LogP contribution in [0.2, 0.25) is 0 Å². The van der Waals surface area contributed by atoms with Crippen LogP contribution in [0.3, 0.4) is 0 Å². The molecule has 1 aliphatic rings. The molecule has 3 aromatic heterocycles. The molecule has 0 saturated heterocycles. The molecule has 7 heteroatoms. The van der Waals surface area contributed by atoms with E-state index >= 15 is 0 Å². The molecule has 0 bridgehead atoms. The van der Waals surface area contributed by atoms with Gasteiger partial charge in [-0.25, -0.2) is 19.7 Å². The number of fused-ring (bicyclic) bond motifs is 3. The zero-order chi connectivity index (χ0) is 19.8. The molecular weight excluding hydrogens is 366 g/mol. The van der Waals surface area contributed by atoms with Crippen LogP contribution in [0.4, 0.5) is 5.82 Å². The third-order valence-corrected chi connectivity index (χ3v) is 5.11. The Morgan fingerprint density at radius 2 is 2.00 bits per heavy atom. The highest BCUT2D eigenvalue weighted by Crippen LogP contribution is 2.32. The zero-order valence-electron chi connectivity index (χ0n) is 15.7. The van der Waals surface area contributed by atoms with Crippen molar-refractivity contribution in [3.05, 3.63) is 65.9 Å². The predicted octanol–water partition coefficient (Wildman–Crippen LogP) is 3.63. The molecule has 0 spiro atoms. The molecule has 1 aromatic carbocycles. The van der Waals surface area contributed by atoms with Crippen LogP contribution in [-0.2, 0) is 12.8 Å². The zero-order valence-corrected chi connectivity index (χ0v) is 15.7. The number of aromatic carboxylic acids is 1. The van der Waals surface area contributed by atoms with Gasteiger partial charge >= 0.3 is 5.97 Å². The van der Waals surface area contributed by atoms with Crippen LogP contribution in [0.1, 0.15) is 34.6 Å². The molecule has 3 heterocycles. The van der Waals surface area contributed by atoms with E-state index in [4.69, 9.17) is 9.97 Å². The van der Waals surface area contributed by atoms with E-state index in [0.717, 1.165) is 46.9 Å². The first-order valence-corrected chi connectivity index (χ1v) is 9.65. The molecular formula is C22H19N5O2. The number of aryl methyl sites for hydroxylation is 2. The third kappa shape index (κ3) is 3.59. The van der Waals surface area contributed by atoms with Crippen molar-refractivity contribution >= 4 is 33.6 Å². The lowest BCUT2D eigenvalue weighted by molar-refractivity contribution is 0.0697. The quantitative estimate of drug-likeness (QED) is 0.489. The Morgan fingerprint density at radius 3 is 2.76 bits per heavy atom. The molecule has 5 rings (SSSR count). The first-order valence-electron chi connectivity index (χ1n) is 9.65. The number of aromatic nitrogens is 4. The van der Waals surface area contributed by atoms with Gasteiger partial charge in [-0.3, -0.25) is 4.98 Å². The Bertz CT molecular complexity index is 1220. The fourth-order valence-electron chi connectivity index (χ4n) is 3.40. The Hall–Kier alpha value is -3.61. The number of carboxylic acids is 1. The lowest BCUT2D eigenvalue weighted by Crippen LogP contribution is -2.07. The molecule has 0 atom stereocenters. The highest BCUT2D eigenvalue weighted by molar-refractivity contribution is 6.09. The van der Waals surface area contributed by atoms with Gasteiger partial charge in [0.2, 0.25) is 0 Å². The van der Waals surface area contributed by atoms with Crippen LogP contribution >= 0.6 is 0 Å². The first-order chi connectivity index (χ1) is 14.2. The van der Waals surface area contributed by atoms with Crippen molar-refractivity contribution < 1.29 is 9.90 Å². The number of nitrogens with one attached hydrogen (secondary N) is 1. The molecule has 0 unspecified atom stereocenters. The molecule has 0 aliphatic heterocycles. The molecule has 144 valence electrons. The highest BCUT2D eigenvalue weighted by Gasteiger charge is 2.23. The van der Waals surface area contributed by atoms with Gasteiger partial charge in [0.1, 0.15) is 11.3 Å². The summed E-state index contributed by atoms with van der Waals surface area (Å²) in [6, 6.07) is 9.35. The third-order valence-electron chi connectivity index (χ3n) is 5.11. The summed E-state index contributed by atoms with van der Waals surface area (Å²) in [7, 11) is 0. The Morgan fingerprint density at radius 1 is 1.10 bits per heavy atom. The summed E-state index contributed by atoms with van der Waals surface area (Å²) in [5.74, 6) is 0.485. The van der Waals surface area contributed by atoms with Gasteiger partial charge < -0.3 is 10.4 Å². The monoisotopic (exact) mass is 385 g/mol. The topological polar surface area (TPSA) is 101 Å². The number of hydrogen-bond acceptors (Lipinski definition) is 6. The first kappa shape index (κ1) is 17.5. The van der Waals surface area contributed by atoms with Gasteiger partial charge in [-0.05, 0) is 43.0 Å². The second kappa shape index (κ2) is 7.09. The minimum Gasteiger partial charge on any atom is -0.478 e.